The van der Waals surface area contributed by atoms with Crippen molar-refractivity contribution >= 4 is 23.4 Å². The van der Waals surface area contributed by atoms with Crippen molar-refractivity contribution in [1.82, 2.24) is 0 Å². The molecule has 14 heavy (non-hydrogen) atoms. The average Bonchev–Trinajstić information content (AvgIpc) is 2.13. The molecule has 0 amide bonds. The molecule has 0 radical (unpaired) electrons. The second-order valence-corrected chi connectivity index (χ2v) is 3.28. The zero-order valence-corrected chi connectivity index (χ0v) is 8.39. The molecule has 76 valence electrons. The Hall–Kier alpha value is -1.06. The lowest BCUT2D eigenvalue weighted by Gasteiger charge is -2.02. The van der Waals surface area contributed by atoms with Gasteiger partial charge in [0.1, 0.15) is 5.82 Å². The van der Waals surface area contributed by atoms with E-state index in [1.165, 1.54) is 12.1 Å². The molecule has 0 heterocycles. The highest BCUT2D eigenvalue weighted by molar-refractivity contribution is 6.33. The third-order valence-corrected chi connectivity index (χ3v) is 2.07. The van der Waals surface area contributed by atoms with Crippen molar-refractivity contribution in [2.45, 2.75) is 6.42 Å². The van der Waals surface area contributed by atoms with Crippen LogP contribution in [-0.4, -0.2) is 6.54 Å². The lowest BCUT2D eigenvalue weighted by atomic mass is 10.1. The second kappa shape index (κ2) is 4.98. The van der Waals surface area contributed by atoms with Gasteiger partial charge in [0.25, 0.3) is 0 Å². The van der Waals surface area contributed by atoms with Gasteiger partial charge < -0.3 is 11.5 Å². The molecule has 0 aliphatic heterocycles. The van der Waals surface area contributed by atoms with Crippen molar-refractivity contribution < 1.29 is 4.39 Å². The van der Waals surface area contributed by atoms with Crippen LogP contribution in [0.3, 0.4) is 0 Å². The van der Waals surface area contributed by atoms with Crippen molar-refractivity contribution in [2.24, 2.45) is 5.73 Å². The quantitative estimate of drug-likeness (QED) is 0.760. The monoisotopic (exact) mass is 214 g/mol. The summed E-state index contributed by atoms with van der Waals surface area (Å²) in [4.78, 5) is 0. The Bertz CT molecular complexity index is 350. The molecule has 0 atom stereocenters. The van der Waals surface area contributed by atoms with Crippen molar-refractivity contribution in [3.05, 3.63) is 34.6 Å². The highest BCUT2D eigenvalue weighted by atomic mass is 35.5. The molecule has 4 heteroatoms. The Balaban J connectivity index is 2.96. The maximum absolute atomic E-state index is 12.9. The molecule has 0 aromatic heterocycles. The minimum atomic E-state index is -0.392. The molecule has 1 rings (SSSR count). The summed E-state index contributed by atoms with van der Waals surface area (Å²) in [6.45, 7) is 0.555. The molecule has 0 unspecified atom stereocenters. The third kappa shape index (κ3) is 2.72. The van der Waals surface area contributed by atoms with Gasteiger partial charge in [-0.1, -0.05) is 23.8 Å². The zero-order valence-electron chi connectivity index (χ0n) is 7.63. The van der Waals surface area contributed by atoms with Gasteiger partial charge in [0.2, 0.25) is 0 Å². The molecular formula is C10H12ClFN2. The summed E-state index contributed by atoms with van der Waals surface area (Å²) in [6, 6.07) is 2.53. The number of benzene rings is 1. The molecule has 0 spiro atoms. The first-order valence-corrected chi connectivity index (χ1v) is 4.64. The summed E-state index contributed by atoms with van der Waals surface area (Å²) in [7, 11) is 0. The van der Waals surface area contributed by atoms with Gasteiger partial charge in [-0.2, -0.15) is 0 Å². The largest absolute Gasteiger partial charge is 0.397 e. The van der Waals surface area contributed by atoms with E-state index in [1.807, 2.05) is 6.08 Å². The van der Waals surface area contributed by atoms with E-state index in [9.17, 15) is 4.39 Å². The maximum Gasteiger partial charge on any atom is 0.125 e. The molecule has 0 fully saturated rings. The first-order chi connectivity index (χ1) is 6.65. The molecule has 0 aliphatic rings. The van der Waals surface area contributed by atoms with E-state index in [0.717, 1.165) is 6.42 Å². The third-order valence-electron chi connectivity index (χ3n) is 1.76. The number of hydrogen-bond donors (Lipinski definition) is 2. The smallest absolute Gasteiger partial charge is 0.125 e. The van der Waals surface area contributed by atoms with Crippen LogP contribution in [0.5, 0.6) is 0 Å². The predicted octanol–water partition coefficient (Wildman–Crippen LogP) is 2.42. The van der Waals surface area contributed by atoms with Gasteiger partial charge in [-0.3, -0.25) is 0 Å². The predicted molar refractivity (Wildman–Crippen MR) is 58.5 cm³/mol. The molecule has 1 aromatic carbocycles. The second-order valence-electron chi connectivity index (χ2n) is 2.87. The van der Waals surface area contributed by atoms with E-state index >= 15 is 0 Å². The maximum atomic E-state index is 12.9. The van der Waals surface area contributed by atoms with Gasteiger partial charge in [0.15, 0.2) is 0 Å². The van der Waals surface area contributed by atoms with Gasteiger partial charge in [-0.05, 0) is 25.1 Å². The number of anilines is 1. The topological polar surface area (TPSA) is 52.0 Å². The fourth-order valence-electron chi connectivity index (χ4n) is 1.05. The summed E-state index contributed by atoms with van der Waals surface area (Å²) in [6.07, 6.45) is 4.28. The van der Waals surface area contributed by atoms with Crippen LogP contribution in [-0.2, 0) is 0 Å². The zero-order chi connectivity index (χ0) is 10.6. The fourth-order valence-corrected chi connectivity index (χ4v) is 1.26. The van der Waals surface area contributed by atoms with Gasteiger partial charge in [0, 0.05) is 5.56 Å². The number of halogens is 2. The van der Waals surface area contributed by atoms with Crippen molar-refractivity contribution in [2.75, 3.05) is 12.3 Å². The van der Waals surface area contributed by atoms with Crippen molar-refractivity contribution in [3.63, 3.8) is 0 Å². The molecule has 2 nitrogen and oxygen atoms in total. The van der Waals surface area contributed by atoms with Crippen LogP contribution in [0.2, 0.25) is 5.02 Å². The van der Waals surface area contributed by atoms with E-state index in [4.69, 9.17) is 23.1 Å². The summed E-state index contributed by atoms with van der Waals surface area (Å²) < 4.78 is 12.9. The summed E-state index contributed by atoms with van der Waals surface area (Å²) >= 11 is 5.71. The number of nitrogen functional groups attached to an aromatic ring is 1. The molecule has 1 aromatic rings. The van der Waals surface area contributed by atoms with Gasteiger partial charge in [-0.15, -0.1) is 0 Å². The van der Waals surface area contributed by atoms with Crippen molar-refractivity contribution in [3.8, 4) is 0 Å². The Morgan fingerprint density at radius 1 is 1.43 bits per heavy atom. The first-order valence-electron chi connectivity index (χ1n) is 4.26. The molecule has 0 bridgehead atoms. The van der Waals surface area contributed by atoms with E-state index in [2.05, 4.69) is 0 Å². The lowest BCUT2D eigenvalue weighted by Crippen LogP contribution is -1.96. The Morgan fingerprint density at radius 2 is 2.14 bits per heavy atom. The summed E-state index contributed by atoms with van der Waals surface area (Å²) in [5.41, 5.74) is 11.9. The van der Waals surface area contributed by atoms with Crippen LogP contribution < -0.4 is 11.5 Å². The van der Waals surface area contributed by atoms with Gasteiger partial charge in [0.05, 0.1) is 10.7 Å². The minimum absolute atomic E-state index is 0.234. The SMILES string of the molecule is NCCC=Cc1cc(F)cc(Cl)c1N. The average molecular weight is 215 g/mol. The van der Waals surface area contributed by atoms with E-state index in [1.54, 1.807) is 6.08 Å². The minimum Gasteiger partial charge on any atom is -0.397 e. The van der Waals surface area contributed by atoms with Crippen LogP contribution in [0.4, 0.5) is 10.1 Å². The first kappa shape index (κ1) is 11.0. The van der Waals surface area contributed by atoms with Gasteiger partial charge in [-0.25, -0.2) is 4.39 Å². The molecule has 0 saturated heterocycles. The van der Waals surface area contributed by atoms with Crippen LogP contribution in [0.1, 0.15) is 12.0 Å². The highest BCUT2D eigenvalue weighted by Crippen LogP contribution is 2.25. The Morgan fingerprint density at radius 3 is 2.79 bits per heavy atom. The fraction of sp³-hybridized carbons (Fsp3) is 0.200. The number of nitrogens with two attached hydrogens (primary N) is 2. The number of rotatable bonds is 3. The normalized spacial score (nSPS) is 11.1. The molecule has 0 saturated carbocycles. The Kier molecular flexibility index (Phi) is 3.92. The van der Waals surface area contributed by atoms with E-state index < -0.39 is 5.82 Å². The van der Waals surface area contributed by atoms with Crippen molar-refractivity contribution in [1.29, 1.82) is 0 Å². The summed E-state index contributed by atoms with van der Waals surface area (Å²) in [5.74, 6) is -0.392. The standard InChI is InChI=1S/C10H12ClFN2/c11-9-6-8(12)5-7(10(9)14)3-1-2-4-13/h1,3,5-6H,2,4,13-14H2. The van der Waals surface area contributed by atoms with Crippen LogP contribution in [0.25, 0.3) is 6.08 Å². The summed E-state index contributed by atoms with van der Waals surface area (Å²) in [5, 5.41) is 0.234. The van der Waals surface area contributed by atoms with Gasteiger partial charge >= 0.3 is 0 Å². The molecular weight excluding hydrogens is 203 g/mol. The van der Waals surface area contributed by atoms with E-state index in [-0.39, 0.29) is 5.02 Å². The molecule has 4 N–H and O–H groups in total. The number of hydrogen-bond acceptors (Lipinski definition) is 2. The van der Waals surface area contributed by atoms with Crippen LogP contribution in [0.15, 0.2) is 18.2 Å². The lowest BCUT2D eigenvalue weighted by molar-refractivity contribution is 0.628. The highest BCUT2D eigenvalue weighted by Gasteiger charge is 2.03. The van der Waals surface area contributed by atoms with Crippen LogP contribution >= 0.6 is 11.6 Å². The van der Waals surface area contributed by atoms with E-state index in [0.29, 0.717) is 17.8 Å². The van der Waals surface area contributed by atoms with Crippen LogP contribution in [0, 0.1) is 5.82 Å². The molecule has 0 aliphatic carbocycles. The Labute approximate surface area is 87.4 Å².